The van der Waals surface area contributed by atoms with E-state index in [1.165, 1.54) is 11.1 Å². The third kappa shape index (κ3) is 5.25. The van der Waals surface area contributed by atoms with Crippen LogP contribution in [0.1, 0.15) is 61.4 Å². The number of rotatable bonds is 7. The van der Waals surface area contributed by atoms with Gasteiger partial charge in [-0.25, -0.2) is 4.79 Å². The number of allylic oxidation sites excluding steroid dienone is 1. The number of benzene rings is 3. The fraction of sp³-hybridized carbons (Fsp3) is 0.250. The van der Waals surface area contributed by atoms with Crippen LogP contribution < -0.4 is 4.74 Å². The number of aromatic nitrogens is 2. The summed E-state index contributed by atoms with van der Waals surface area (Å²) in [5.74, 6) is -0.287. The van der Waals surface area contributed by atoms with Crippen molar-refractivity contribution in [3.63, 3.8) is 0 Å². The molecule has 4 aromatic rings. The molecule has 1 fully saturated rings. The lowest BCUT2D eigenvalue weighted by Gasteiger charge is -2.23. The number of aliphatic carboxylic acids is 1. The number of hydrogen-bond donors (Lipinski definition) is 2. The van der Waals surface area contributed by atoms with Crippen molar-refractivity contribution in [3.05, 3.63) is 101 Å². The molecule has 0 radical (unpaired) electrons. The highest BCUT2D eigenvalue weighted by Crippen LogP contribution is 2.49. The molecule has 0 spiro atoms. The molecule has 1 heterocycles. The highest BCUT2D eigenvalue weighted by molar-refractivity contribution is 6.02. The van der Waals surface area contributed by atoms with E-state index in [4.69, 9.17) is 9.84 Å². The van der Waals surface area contributed by atoms with Crippen LogP contribution >= 0.6 is 0 Å². The number of methoxy groups -OCH3 is 1. The first kappa shape index (κ1) is 25.5. The lowest BCUT2D eigenvalue weighted by Crippen LogP contribution is -2.12. The van der Waals surface area contributed by atoms with Crippen molar-refractivity contribution in [2.75, 3.05) is 7.11 Å². The molecule has 3 aromatic carbocycles. The zero-order chi connectivity index (χ0) is 27.0. The van der Waals surface area contributed by atoms with E-state index in [2.05, 4.69) is 49.2 Å². The minimum absolute atomic E-state index is 0.0743. The first-order chi connectivity index (χ1) is 18.1. The Hall–Kier alpha value is -4.19. The summed E-state index contributed by atoms with van der Waals surface area (Å²) in [6, 6.07) is 19.9. The minimum Gasteiger partial charge on any atom is -0.497 e. The van der Waals surface area contributed by atoms with Crippen LogP contribution in [0.15, 0.2) is 66.7 Å². The molecule has 0 amide bonds. The molecule has 0 bridgehead atoms. The molecule has 0 unspecified atom stereocenters. The topological polar surface area (TPSA) is 75.2 Å². The summed E-state index contributed by atoms with van der Waals surface area (Å²) in [5, 5.41) is 16.0. The van der Waals surface area contributed by atoms with Gasteiger partial charge in [0.15, 0.2) is 0 Å². The van der Waals surface area contributed by atoms with E-state index in [-0.39, 0.29) is 5.41 Å². The average molecular weight is 511 g/mol. The summed E-state index contributed by atoms with van der Waals surface area (Å²) in [4.78, 5) is 11.0. The van der Waals surface area contributed by atoms with Crippen LogP contribution in [0.2, 0.25) is 0 Å². The number of H-pyrrole nitrogens is 1. The number of halogens is 1. The van der Waals surface area contributed by atoms with Gasteiger partial charge in [0.1, 0.15) is 5.75 Å². The molecule has 38 heavy (non-hydrogen) atoms. The first-order valence-electron chi connectivity index (χ1n) is 12.7. The Morgan fingerprint density at radius 3 is 2.37 bits per heavy atom. The molecule has 0 saturated heterocycles. The molecular formula is C32H31FN2O3. The van der Waals surface area contributed by atoms with Gasteiger partial charge in [-0.2, -0.15) is 9.49 Å². The Balaban J connectivity index is 1.78. The van der Waals surface area contributed by atoms with Crippen molar-refractivity contribution in [3.8, 4) is 5.75 Å². The number of aromatic amines is 1. The van der Waals surface area contributed by atoms with Crippen LogP contribution in [0, 0.1) is 11.9 Å². The van der Waals surface area contributed by atoms with Crippen molar-refractivity contribution in [1.82, 2.24) is 10.2 Å². The molecule has 1 aliphatic rings. The summed E-state index contributed by atoms with van der Waals surface area (Å²) in [5.41, 5.74) is 7.65. The zero-order valence-electron chi connectivity index (χ0n) is 22.0. The number of ether oxygens (including phenoxy) is 1. The summed E-state index contributed by atoms with van der Waals surface area (Å²) in [7, 11) is 1.69. The number of hydrogen-bond acceptors (Lipinski definition) is 3. The van der Waals surface area contributed by atoms with Crippen molar-refractivity contribution in [1.29, 1.82) is 0 Å². The number of carboxylic acid groups (broad SMARTS) is 1. The van der Waals surface area contributed by atoms with Crippen molar-refractivity contribution in [2.24, 2.45) is 5.92 Å². The molecule has 0 atom stereocenters. The van der Waals surface area contributed by atoms with Gasteiger partial charge in [0.25, 0.3) is 0 Å². The highest BCUT2D eigenvalue weighted by atomic mass is 19.1. The maximum Gasteiger partial charge on any atom is 0.328 e. The lowest BCUT2D eigenvalue weighted by molar-refractivity contribution is -0.131. The number of carbonyl (C=O) groups is 1. The van der Waals surface area contributed by atoms with E-state index in [0.29, 0.717) is 16.8 Å². The molecule has 6 heteroatoms. The van der Waals surface area contributed by atoms with Crippen molar-refractivity contribution >= 4 is 34.1 Å². The molecule has 0 aliphatic heterocycles. The fourth-order valence-corrected chi connectivity index (χ4v) is 4.80. The van der Waals surface area contributed by atoms with Gasteiger partial charge in [0.2, 0.25) is 5.95 Å². The average Bonchev–Trinajstić information content (AvgIpc) is 3.67. The highest BCUT2D eigenvalue weighted by Gasteiger charge is 2.32. The SMILES string of the molecule is COc1cc(/C(=C(\c2ccc(/C=C/C(=O)O)cc2)c2ccc3n[nH]c(F)c3c2)C2CC2)cc(C(C)(C)C)c1. The summed E-state index contributed by atoms with van der Waals surface area (Å²) in [6.45, 7) is 6.56. The fourth-order valence-electron chi connectivity index (χ4n) is 4.80. The Bertz CT molecular complexity index is 1570. The maximum absolute atomic E-state index is 14.6. The van der Waals surface area contributed by atoms with Crippen LogP contribution in [-0.4, -0.2) is 28.4 Å². The lowest BCUT2D eigenvalue weighted by atomic mass is 9.82. The standard InChI is InChI=1S/C32H31FN2O3/c1-32(2,3)24-15-23(16-25(18-24)38-4)30(21-10-11-21)29(20-8-5-19(6-9-20)7-14-28(36)37)22-12-13-27-26(17-22)31(33)35-34-27/h5-9,12-18,21H,10-11H2,1-4H3,(H,34,35)(H,36,37)/b14-7+,30-29+. The number of fused-ring (bicyclic) bond motifs is 1. The van der Waals surface area contributed by atoms with Gasteiger partial charge in [0.05, 0.1) is 18.0 Å². The van der Waals surface area contributed by atoms with Crippen LogP contribution in [0.3, 0.4) is 0 Å². The minimum atomic E-state index is -0.992. The molecule has 2 N–H and O–H groups in total. The van der Waals surface area contributed by atoms with Gasteiger partial charge >= 0.3 is 5.97 Å². The molecular weight excluding hydrogens is 479 g/mol. The molecule has 5 nitrogen and oxygen atoms in total. The Morgan fingerprint density at radius 1 is 1.03 bits per heavy atom. The van der Waals surface area contributed by atoms with E-state index in [1.54, 1.807) is 13.2 Å². The summed E-state index contributed by atoms with van der Waals surface area (Å²) in [6.07, 6.45) is 4.84. The largest absolute Gasteiger partial charge is 0.497 e. The Morgan fingerprint density at radius 2 is 1.74 bits per heavy atom. The molecule has 5 rings (SSSR count). The maximum atomic E-state index is 14.6. The molecule has 1 saturated carbocycles. The second-order valence-electron chi connectivity index (χ2n) is 10.8. The number of nitrogens with one attached hydrogen (secondary N) is 1. The molecule has 1 aliphatic carbocycles. The summed E-state index contributed by atoms with van der Waals surface area (Å²) >= 11 is 0. The van der Waals surface area contributed by atoms with Gasteiger partial charge in [-0.15, -0.1) is 0 Å². The predicted octanol–water partition coefficient (Wildman–Crippen LogP) is 7.48. The van der Waals surface area contributed by atoms with E-state index < -0.39 is 11.9 Å². The van der Waals surface area contributed by atoms with Gasteiger partial charge in [-0.1, -0.05) is 57.2 Å². The quantitative estimate of drug-likeness (QED) is 0.200. The number of nitrogens with zero attached hydrogens (tertiary/aromatic N) is 1. The third-order valence-electron chi connectivity index (χ3n) is 6.99. The van der Waals surface area contributed by atoms with Gasteiger partial charge in [-0.3, -0.25) is 5.10 Å². The Labute approximate surface area is 221 Å². The van der Waals surface area contributed by atoms with E-state index in [1.807, 2.05) is 42.5 Å². The monoisotopic (exact) mass is 510 g/mol. The van der Waals surface area contributed by atoms with Gasteiger partial charge in [0, 0.05) is 6.08 Å². The second-order valence-corrected chi connectivity index (χ2v) is 10.8. The zero-order valence-corrected chi connectivity index (χ0v) is 22.0. The Kier molecular flexibility index (Phi) is 6.66. The third-order valence-corrected chi connectivity index (χ3v) is 6.99. The van der Waals surface area contributed by atoms with Crippen molar-refractivity contribution in [2.45, 2.75) is 39.0 Å². The van der Waals surface area contributed by atoms with Crippen molar-refractivity contribution < 1.29 is 19.0 Å². The van der Waals surface area contributed by atoms with E-state index >= 15 is 0 Å². The van der Waals surface area contributed by atoms with Gasteiger partial charge < -0.3 is 9.84 Å². The first-order valence-corrected chi connectivity index (χ1v) is 12.7. The van der Waals surface area contributed by atoms with Crippen LogP contribution in [0.25, 0.3) is 28.1 Å². The normalized spacial score (nSPS) is 14.7. The molecule has 194 valence electrons. The van der Waals surface area contributed by atoms with Crippen LogP contribution in [0.5, 0.6) is 5.75 Å². The van der Waals surface area contributed by atoms with Crippen LogP contribution in [-0.2, 0) is 10.2 Å². The summed E-state index contributed by atoms with van der Waals surface area (Å²) < 4.78 is 20.3. The second kappa shape index (κ2) is 9.93. The van der Waals surface area contributed by atoms with Gasteiger partial charge in [-0.05, 0) is 93.5 Å². The predicted molar refractivity (Wildman–Crippen MR) is 149 cm³/mol. The smallest absolute Gasteiger partial charge is 0.328 e. The van der Waals surface area contributed by atoms with Crippen LogP contribution in [0.4, 0.5) is 4.39 Å². The van der Waals surface area contributed by atoms with E-state index in [0.717, 1.165) is 52.5 Å². The number of carboxylic acids is 1. The molecule has 1 aromatic heterocycles. The van der Waals surface area contributed by atoms with E-state index in [9.17, 15) is 9.18 Å².